The summed E-state index contributed by atoms with van der Waals surface area (Å²) < 4.78 is 23.5. The van der Waals surface area contributed by atoms with E-state index in [1.165, 1.54) is 0 Å². The monoisotopic (exact) mass is 300 g/mol. The summed E-state index contributed by atoms with van der Waals surface area (Å²) in [7, 11) is -3.33. The summed E-state index contributed by atoms with van der Waals surface area (Å²) >= 11 is 12.2. The van der Waals surface area contributed by atoms with Crippen molar-refractivity contribution in [3.05, 3.63) is 52.5 Å². The number of rotatable bonds is 2. The lowest BCUT2D eigenvalue weighted by atomic mass is 10.1. The molecule has 2 nitrogen and oxygen atoms in total. The van der Waals surface area contributed by atoms with Gasteiger partial charge in [0.2, 0.25) is 0 Å². The summed E-state index contributed by atoms with van der Waals surface area (Å²) in [4.78, 5) is 0.222. The Hall–Kier alpha value is -1.03. The van der Waals surface area contributed by atoms with Crippen LogP contribution in [0.5, 0.6) is 0 Å². The molecule has 0 aliphatic carbocycles. The van der Waals surface area contributed by atoms with Gasteiger partial charge in [-0.1, -0.05) is 47.5 Å². The third-order valence-electron chi connectivity index (χ3n) is 2.52. The van der Waals surface area contributed by atoms with Crippen molar-refractivity contribution in [2.45, 2.75) is 4.90 Å². The lowest BCUT2D eigenvalue weighted by Gasteiger charge is -2.11. The highest BCUT2D eigenvalue weighted by Gasteiger charge is 2.17. The average molecular weight is 301 g/mol. The van der Waals surface area contributed by atoms with Crippen LogP contribution in [-0.4, -0.2) is 14.7 Å². The minimum atomic E-state index is -3.33. The fourth-order valence-corrected chi connectivity index (χ4v) is 3.25. The van der Waals surface area contributed by atoms with Crippen LogP contribution in [0, 0.1) is 0 Å². The molecule has 0 aromatic heterocycles. The van der Waals surface area contributed by atoms with Crippen molar-refractivity contribution in [1.82, 2.24) is 0 Å². The van der Waals surface area contributed by atoms with Crippen LogP contribution in [0.25, 0.3) is 11.1 Å². The first-order valence-corrected chi connectivity index (χ1v) is 7.79. The molecular formula is C13H10Cl2O2S. The largest absolute Gasteiger partial charge is 0.224 e. The Morgan fingerprint density at radius 1 is 0.889 bits per heavy atom. The van der Waals surface area contributed by atoms with Crippen LogP contribution in [0.1, 0.15) is 0 Å². The molecule has 0 N–H and O–H groups in total. The molecule has 0 spiro atoms. The summed E-state index contributed by atoms with van der Waals surface area (Å²) in [5.74, 6) is 0. The lowest BCUT2D eigenvalue weighted by Crippen LogP contribution is -2.00. The van der Waals surface area contributed by atoms with Crippen molar-refractivity contribution < 1.29 is 8.42 Å². The van der Waals surface area contributed by atoms with E-state index in [2.05, 4.69) is 0 Å². The highest BCUT2D eigenvalue weighted by atomic mass is 35.5. The normalized spacial score (nSPS) is 11.5. The van der Waals surface area contributed by atoms with E-state index < -0.39 is 9.84 Å². The first-order valence-electron chi connectivity index (χ1n) is 5.15. The Kier molecular flexibility index (Phi) is 3.66. The third kappa shape index (κ3) is 2.53. The van der Waals surface area contributed by atoms with Crippen molar-refractivity contribution in [3.63, 3.8) is 0 Å². The molecule has 2 rings (SSSR count). The van der Waals surface area contributed by atoms with Crippen molar-refractivity contribution in [2.75, 3.05) is 6.26 Å². The molecule has 0 atom stereocenters. The van der Waals surface area contributed by atoms with Gasteiger partial charge in [-0.2, -0.15) is 0 Å². The summed E-state index contributed by atoms with van der Waals surface area (Å²) in [5, 5.41) is 0.859. The second-order valence-electron chi connectivity index (χ2n) is 3.86. The molecular weight excluding hydrogens is 291 g/mol. The minimum Gasteiger partial charge on any atom is -0.224 e. The van der Waals surface area contributed by atoms with Crippen LogP contribution in [0.4, 0.5) is 0 Å². The maximum atomic E-state index is 11.8. The summed E-state index contributed by atoms with van der Waals surface area (Å²) in [6.45, 7) is 0. The van der Waals surface area contributed by atoms with Gasteiger partial charge in [0.15, 0.2) is 9.84 Å². The molecule has 0 bridgehead atoms. The van der Waals surface area contributed by atoms with Gasteiger partial charge >= 0.3 is 0 Å². The quantitative estimate of drug-likeness (QED) is 0.838. The average Bonchev–Trinajstić information content (AvgIpc) is 2.28. The highest BCUT2D eigenvalue weighted by Crippen LogP contribution is 2.37. The summed E-state index contributed by atoms with van der Waals surface area (Å²) in [5.41, 5.74) is 1.07. The zero-order valence-electron chi connectivity index (χ0n) is 9.52. The second-order valence-corrected chi connectivity index (χ2v) is 6.66. The Morgan fingerprint density at radius 2 is 1.44 bits per heavy atom. The van der Waals surface area contributed by atoms with Crippen LogP contribution in [0.3, 0.4) is 0 Å². The topological polar surface area (TPSA) is 34.1 Å². The molecule has 0 aliphatic rings. The summed E-state index contributed by atoms with van der Waals surface area (Å²) in [6, 6.07) is 11.8. The molecule has 0 heterocycles. The third-order valence-corrected chi connectivity index (χ3v) is 4.30. The van der Waals surface area contributed by atoms with Crippen LogP contribution < -0.4 is 0 Å². The molecule has 94 valence electrons. The van der Waals surface area contributed by atoms with Gasteiger partial charge < -0.3 is 0 Å². The van der Waals surface area contributed by atoms with Gasteiger partial charge in [-0.3, -0.25) is 0 Å². The van der Waals surface area contributed by atoms with Crippen LogP contribution in [0.15, 0.2) is 47.4 Å². The van der Waals surface area contributed by atoms with Gasteiger partial charge in [-0.15, -0.1) is 0 Å². The SMILES string of the molecule is CS(=O)(=O)c1ccccc1-c1c(Cl)cccc1Cl. The molecule has 0 unspecified atom stereocenters. The highest BCUT2D eigenvalue weighted by molar-refractivity contribution is 7.90. The second kappa shape index (κ2) is 4.92. The van der Waals surface area contributed by atoms with Crippen LogP contribution in [0.2, 0.25) is 10.0 Å². The molecule has 0 radical (unpaired) electrons. The van der Waals surface area contributed by atoms with E-state index in [4.69, 9.17) is 23.2 Å². The first kappa shape index (κ1) is 13.4. The lowest BCUT2D eigenvalue weighted by molar-refractivity contribution is 0.602. The Balaban J connectivity index is 2.81. The van der Waals surface area contributed by atoms with Gasteiger partial charge in [-0.25, -0.2) is 8.42 Å². The van der Waals surface area contributed by atoms with Gasteiger partial charge in [-0.05, 0) is 18.2 Å². The predicted octanol–water partition coefficient (Wildman–Crippen LogP) is 4.06. The van der Waals surface area contributed by atoms with Crippen molar-refractivity contribution in [2.24, 2.45) is 0 Å². The van der Waals surface area contributed by atoms with E-state index in [-0.39, 0.29) is 4.90 Å². The molecule has 0 aliphatic heterocycles. The molecule has 18 heavy (non-hydrogen) atoms. The molecule has 5 heteroatoms. The van der Waals surface area contributed by atoms with Crippen molar-refractivity contribution in [3.8, 4) is 11.1 Å². The van der Waals surface area contributed by atoms with Crippen molar-refractivity contribution in [1.29, 1.82) is 0 Å². The fraction of sp³-hybridized carbons (Fsp3) is 0.0769. The van der Waals surface area contributed by atoms with Crippen LogP contribution in [-0.2, 0) is 9.84 Å². The number of sulfone groups is 1. The molecule has 2 aromatic rings. The maximum absolute atomic E-state index is 11.8. The number of hydrogen-bond acceptors (Lipinski definition) is 2. The zero-order chi connectivity index (χ0) is 13.3. The number of hydrogen-bond donors (Lipinski definition) is 0. The van der Waals surface area contributed by atoms with Gasteiger partial charge in [0.05, 0.1) is 4.90 Å². The number of benzene rings is 2. The van der Waals surface area contributed by atoms with E-state index in [1.807, 2.05) is 0 Å². The van der Waals surface area contributed by atoms with Crippen LogP contribution >= 0.6 is 23.2 Å². The Morgan fingerprint density at radius 3 is 2.00 bits per heavy atom. The molecule has 2 aromatic carbocycles. The van der Waals surface area contributed by atoms with E-state index in [0.717, 1.165) is 6.26 Å². The molecule has 0 amide bonds. The van der Waals surface area contributed by atoms with Gasteiger partial charge in [0.1, 0.15) is 0 Å². The fourth-order valence-electron chi connectivity index (χ4n) is 1.75. The van der Waals surface area contributed by atoms with E-state index in [9.17, 15) is 8.42 Å². The molecule has 0 fully saturated rings. The first-order chi connectivity index (χ1) is 8.41. The smallest absolute Gasteiger partial charge is 0.176 e. The van der Waals surface area contributed by atoms with Gasteiger partial charge in [0.25, 0.3) is 0 Å². The molecule has 0 saturated carbocycles. The zero-order valence-corrected chi connectivity index (χ0v) is 11.9. The summed E-state index contributed by atoms with van der Waals surface area (Å²) in [6.07, 6.45) is 1.16. The number of halogens is 2. The predicted molar refractivity (Wildman–Crippen MR) is 75.0 cm³/mol. The Bertz CT molecular complexity index is 674. The molecule has 0 saturated heterocycles. The van der Waals surface area contributed by atoms with E-state index in [1.54, 1.807) is 42.5 Å². The van der Waals surface area contributed by atoms with E-state index in [0.29, 0.717) is 21.2 Å². The van der Waals surface area contributed by atoms with Crippen molar-refractivity contribution >= 4 is 33.0 Å². The van der Waals surface area contributed by atoms with E-state index >= 15 is 0 Å². The standard InChI is InChI=1S/C13H10Cl2O2S/c1-18(16,17)12-8-3-2-5-9(12)13-10(14)6-4-7-11(13)15/h2-8H,1H3. The Labute approximate surface area is 116 Å². The minimum absolute atomic E-state index is 0.222. The maximum Gasteiger partial charge on any atom is 0.176 e. The van der Waals surface area contributed by atoms with Gasteiger partial charge in [0, 0.05) is 27.4 Å².